The van der Waals surface area contributed by atoms with Gasteiger partial charge in [0.2, 0.25) is 5.89 Å². The SMILES string of the molecule is C=c1[nH]c(=O)/c(=C/c2ccc(-c3ccc(O)cc3)cc2)s1.C=c1[nH]c(=O)/c(=C/c2ccc(OCC(C)=O)c(OC)c2)s1.C=c1[nH]c(=O)/c(=C/c2ccc(OCC(C)NC)c(OC)c2)s1.C=c1[nH]c(=O)/c(=C/c2ccc(OCc3ncco3)c(OC)c2)s1. The van der Waals surface area contributed by atoms with Crippen molar-refractivity contribution < 1.29 is 42.7 Å². The number of hydrogen-bond donors (Lipinski definition) is 6. The smallest absolute Gasteiger partial charge is 0.266 e. The first-order valence-electron chi connectivity index (χ1n) is 26.3. The number of carbonyl (C=O) groups is 1. The van der Waals surface area contributed by atoms with Crippen molar-refractivity contribution >= 4 is 102 Å². The van der Waals surface area contributed by atoms with E-state index < -0.39 is 0 Å². The van der Waals surface area contributed by atoms with Crippen molar-refractivity contribution in [1.29, 1.82) is 0 Å². The zero-order chi connectivity index (χ0) is 62.6. The standard InChI is InChI=1S/C17H13NO2S.C16H14N2O4S.C16H20N2O3S.C15H15NO4S/c1-11-18-17(20)16(21-11)10-12-2-4-13(5-3-12)14-6-8-15(19)9-7-14;1-10-18-16(19)14(23-10)8-11-3-4-12(13(7-11)20-2)22-9-15-17-5-6-21-15;1-10(17-3)9-21-13-6-5-12(7-14(13)20-4)8-15-16(19)18-11(2)22-15;1-9(17)8-20-12-5-4-11(6-13(12)19-3)7-14-15(18)16-10(2)21-14/h2-10,19H,1H2,(H,18,20);3-8H,1,9H2,2H3,(H,18,19);5-8,10,17H,2,9H2,1,3-4H3,(H,18,19);4-7H,2,8H2,1,3H3,(H,16,18)/b16-10-;14-8-;15-8-;14-7-. The second-order valence-electron chi connectivity index (χ2n) is 18.6. The van der Waals surface area contributed by atoms with Gasteiger partial charge in [0.1, 0.15) is 25.2 Å². The fourth-order valence-corrected chi connectivity index (χ4v) is 10.6. The maximum Gasteiger partial charge on any atom is 0.266 e. The molecule has 10 rings (SSSR count). The van der Waals surface area contributed by atoms with Crippen molar-refractivity contribution in [2.24, 2.45) is 0 Å². The second-order valence-corrected chi connectivity index (χ2v) is 23.1. The molecule has 23 heteroatoms. The number of nitrogens with zero attached hydrogens (tertiary/aromatic N) is 1. The Morgan fingerprint density at radius 3 is 1.28 bits per heavy atom. The van der Waals surface area contributed by atoms with E-state index in [1.807, 2.05) is 80.7 Å². The summed E-state index contributed by atoms with van der Waals surface area (Å²) in [4.78, 5) is 72.2. The minimum atomic E-state index is -0.166. The van der Waals surface area contributed by atoms with Crippen LogP contribution in [0.4, 0.5) is 0 Å². The molecule has 0 fully saturated rings. The van der Waals surface area contributed by atoms with Crippen molar-refractivity contribution in [1.82, 2.24) is 30.2 Å². The quantitative estimate of drug-likeness (QED) is 0.0685. The van der Waals surface area contributed by atoms with Crippen LogP contribution in [-0.4, -0.2) is 83.4 Å². The molecule has 0 radical (unpaired) electrons. The number of Topliss-reactive ketones (excluding diaryl/α,β-unsaturated/α-hetero) is 1. The number of ether oxygens (including phenoxy) is 6. The topological polar surface area (TPSA) is 262 Å². The number of benzene rings is 5. The van der Waals surface area contributed by atoms with Crippen molar-refractivity contribution in [2.45, 2.75) is 26.5 Å². The molecule has 1 unspecified atom stereocenters. The van der Waals surface area contributed by atoms with Crippen LogP contribution < -0.4 is 92.8 Å². The average Bonchev–Trinajstić information content (AvgIpc) is 4.42. The molecule has 0 saturated heterocycles. The largest absolute Gasteiger partial charge is 0.508 e. The van der Waals surface area contributed by atoms with Gasteiger partial charge in [0, 0.05) is 6.04 Å². The highest BCUT2D eigenvalue weighted by Gasteiger charge is 2.11. The fourth-order valence-electron chi connectivity index (χ4n) is 7.60. The summed E-state index contributed by atoms with van der Waals surface area (Å²) in [6.07, 6.45) is 10.2. The second kappa shape index (κ2) is 31.4. The highest BCUT2D eigenvalue weighted by molar-refractivity contribution is 7.08. The Kier molecular flexibility index (Phi) is 23.4. The summed E-state index contributed by atoms with van der Waals surface area (Å²) in [5.74, 6) is 4.12. The molecule has 0 spiro atoms. The summed E-state index contributed by atoms with van der Waals surface area (Å²) < 4.78 is 42.8. The van der Waals surface area contributed by atoms with Crippen molar-refractivity contribution in [3.8, 4) is 51.4 Å². The van der Waals surface area contributed by atoms with Gasteiger partial charge in [-0.1, -0.05) is 80.9 Å². The van der Waals surface area contributed by atoms with Gasteiger partial charge in [-0.05, 0) is 127 Å². The van der Waals surface area contributed by atoms with Crippen molar-refractivity contribution in [2.75, 3.05) is 41.6 Å². The van der Waals surface area contributed by atoms with Crippen molar-refractivity contribution in [3.05, 3.63) is 222 Å². The lowest BCUT2D eigenvalue weighted by Gasteiger charge is -2.14. The lowest BCUT2D eigenvalue weighted by Crippen LogP contribution is -2.28. The van der Waals surface area contributed by atoms with Gasteiger partial charge in [0.15, 0.2) is 46.9 Å². The molecule has 0 aliphatic carbocycles. The van der Waals surface area contributed by atoms with Gasteiger partial charge in [-0.25, -0.2) is 4.98 Å². The number of hydrogen-bond acceptors (Lipinski definition) is 19. The van der Waals surface area contributed by atoms with Gasteiger partial charge in [-0.2, -0.15) is 0 Å². The predicted molar refractivity (Wildman–Crippen MR) is 347 cm³/mol. The van der Waals surface area contributed by atoms with E-state index >= 15 is 0 Å². The molecule has 0 bridgehead atoms. The van der Waals surface area contributed by atoms with E-state index in [4.69, 9.17) is 32.8 Å². The first kappa shape index (κ1) is 64.8. The zero-order valence-electron chi connectivity index (χ0n) is 48.2. The van der Waals surface area contributed by atoms with Crippen LogP contribution in [0.25, 0.3) is 61.7 Å². The number of oxazole rings is 1. The lowest BCUT2D eigenvalue weighted by atomic mass is 10.0. The normalized spacial score (nSPS) is 12.0. The Balaban J connectivity index is 0.000000166. The van der Waals surface area contributed by atoms with Crippen LogP contribution in [0.2, 0.25) is 0 Å². The van der Waals surface area contributed by atoms with E-state index in [1.54, 1.807) is 81.1 Å². The highest BCUT2D eigenvalue weighted by atomic mass is 32.1. The minimum Gasteiger partial charge on any atom is -0.508 e. The van der Waals surface area contributed by atoms with Crippen molar-refractivity contribution in [3.63, 3.8) is 0 Å². The van der Waals surface area contributed by atoms with Crippen LogP contribution in [0.1, 0.15) is 42.0 Å². The van der Waals surface area contributed by atoms with Crippen LogP contribution in [0.3, 0.4) is 0 Å². The number of aromatic nitrogens is 5. The summed E-state index contributed by atoms with van der Waals surface area (Å²) in [6.45, 7) is 19.1. The molecular formula is C64H62N6O13S4. The third-order valence-electron chi connectivity index (χ3n) is 12.0. The third-order valence-corrected chi connectivity index (χ3v) is 15.4. The van der Waals surface area contributed by atoms with Crippen LogP contribution in [0, 0.1) is 0 Å². The summed E-state index contributed by atoms with van der Waals surface area (Å²) in [6, 6.07) is 31.5. The van der Waals surface area contributed by atoms with Gasteiger partial charge in [0.05, 0.1) is 64.3 Å². The number of likely N-dealkylation sites (N-methyl/N-ethyl adjacent to an activating group) is 1. The number of methoxy groups -OCH3 is 3. The van der Waals surface area contributed by atoms with Crippen LogP contribution in [0.5, 0.6) is 40.2 Å². The molecule has 10 aromatic rings. The molecule has 0 aliphatic rings. The molecule has 5 heterocycles. The third kappa shape index (κ3) is 19.4. The first-order valence-corrected chi connectivity index (χ1v) is 29.5. The lowest BCUT2D eigenvalue weighted by molar-refractivity contribution is -0.118. The summed E-state index contributed by atoms with van der Waals surface area (Å²) in [5, 5.41) is 12.4. The maximum atomic E-state index is 11.7. The van der Waals surface area contributed by atoms with Gasteiger partial charge in [0.25, 0.3) is 22.2 Å². The molecule has 5 aromatic carbocycles. The van der Waals surface area contributed by atoms with E-state index in [2.05, 4.69) is 56.6 Å². The van der Waals surface area contributed by atoms with Gasteiger partial charge >= 0.3 is 0 Å². The number of nitrogens with one attached hydrogen (secondary N) is 5. The van der Waals surface area contributed by atoms with E-state index in [0.717, 1.165) is 33.4 Å². The van der Waals surface area contributed by atoms with E-state index in [9.17, 15) is 29.1 Å². The van der Waals surface area contributed by atoms with E-state index in [-0.39, 0.29) is 53.0 Å². The predicted octanol–water partition coefficient (Wildman–Crippen LogP) is 4.62. The number of aromatic hydroxyl groups is 1. The Morgan fingerprint density at radius 2 is 0.931 bits per heavy atom. The van der Waals surface area contributed by atoms with Gasteiger partial charge in [-0.15, -0.1) is 45.3 Å². The number of phenolic OH excluding ortho intramolecular Hbond substituents is 1. The Morgan fingerprint density at radius 1 is 0.563 bits per heavy atom. The fraction of sp³-hybridized carbons (Fsp3) is 0.156. The molecule has 87 heavy (non-hydrogen) atoms. The summed E-state index contributed by atoms with van der Waals surface area (Å²) in [7, 11) is 6.56. The Bertz CT molecular complexity index is 4680. The summed E-state index contributed by atoms with van der Waals surface area (Å²) >= 11 is 5.28. The van der Waals surface area contributed by atoms with Gasteiger partial charge in [-0.3, -0.25) is 24.0 Å². The maximum absolute atomic E-state index is 11.7. The molecule has 6 N–H and O–H groups in total. The molecule has 0 aliphatic heterocycles. The zero-order valence-corrected chi connectivity index (χ0v) is 51.5. The molecule has 0 amide bonds. The number of rotatable bonds is 18. The molecule has 1 atom stereocenters. The van der Waals surface area contributed by atoms with Crippen LogP contribution in [-0.2, 0) is 11.4 Å². The molecule has 5 aromatic heterocycles. The number of carbonyl (C=O) groups excluding carboxylic acids is 1. The molecular weight excluding hydrogens is 1190 g/mol. The number of thiazole rings is 4. The van der Waals surface area contributed by atoms with Crippen LogP contribution >= 0.6 is 45.3 Å². The Labute approximate surface area is 513 Å². The minimum absolute atomic E-state index is 0.00508. The number of aromatic amines is 4. The van der Waals surface area contributed by atoms with E-state index in [1.165, 1.54) is 65.6 Å². The molecule has 450 valence electrons. The van der Waals surface area contributed by atoms with Gasteiger partial charge < -0.3 is 63.2 Å². The molecule has 0 saturated carbocycles. The van der Waals surface area contributed by atoms with Crippen LogP contribution in [0.15, 0.2) is 139 Å². The highest BCUT2D eigenvalue weighted by Crippen LogP contribution is 2.31. The monoisotopic (exact) mass is 1250 g/mol. The Hall–Kier alpha value is -9.78. The average molecular weight is 1250 g/mol. The molecule has 19 nitrogen and oxygen atoms in total. The summed E-state index contributed by atoms with van der Waals surface area (Å²) in [5.41, 5.74) is 5.02. The number of ketones is 1. The van der Waals surface area contributed by atoms with E-state index in [0.29, 0.717) is 83.8 Å². The number of H-pyrrole nitrogens is 4. The number of phenols is 1. The first-order chi connectivity index (χ1) is 41.8.